The zero-order chi connectivity index (χ0) is 13.7. The molecule has 0 aliphatic carbocycles. The molecule has 0 amide bonds. The molecule has 100 valence electrons. The van der Waals surface area contributed by atoms with Gasteiger partial charge in [0, 0.05) is 24.4 Å². The summed E-state index contributed by atoms with van der Waals surface area (Å²) in [5.74, 6) is 2.48. The first-order valence-corrected chi connectivity index (χ1v) is 7.45. The summed E-state index contributed by atoms with van der Waals surface area (Å²) < 4.78 is 0. The Morgan fingerprint density at radius 2 is 1.89 bits per heavy atom. The molecule has 0 aliphatic heterocycles. The van der Waals surface area contributed by atoms with Gasteiger partial charge in [0.05, 0.1) is 5.69 Å². The normalized spacial score (nSPS) is 10.3. The van der Waals surface area contributed by atoms with Crippen LogP contribution in [0.2, 0.25) is 0 Å². The van der Waals surface area contributed by atoms with Gasteiger partial charge in [0.25, 0.3) is 0 Å². The van der Waals surface area contributed by atoms with Crippen molar-refractivity contribution in [2.24, 2.45) is 0 Å². The maximum Gasteiger partial charge on any atom is 0.136 e. The van der Waals surface area contributed by atoms with Crippen molar-refractivity contribution in [3.63, 3.8) is 0 Å². The quantitative estimate of drug-likeness (QED) is 0.817. The Morgan fingerprint density at radius 1 is 1.16 bits per heavy atom. The minimum absolute atomic E-state index is 0.814. The van der Waals surface area contributed by atoms with E-state index in [9.17, 15) is 0 Å². The fourth-order valence-corrected chi connectivity index (χ4v) is 2.29. The standard InChI is InChI=1S/C14H18N4S/c1-4-12-17-13(15-2)9-14(18-12)16-10-7-5-6-8-11(10)19-3/h5-9H,4H2,1-3H3,(H2,15,16,17,18). The van der Waals surface area contributed by atoms with Crippen LogP contribution in [0.25, 0.3) is 0 Å². The van der Waals surface area contributed by atoms with Crippen LogP contribution >= 0.6 is 11.8 Å². The van der Waals surface area contributed by atoms with Gasteiger partial charge in [-0.25, -0.2) is 9.97 Å². The van der Waals surface area contributed by atoms with Gasteiger partial charge < -0.3 is 10.6 Å². The van der Waals surface area contributed by atoms with Gasteiger partial charge in [-0.1, -0.05) is 19.1 Å². The van der Waals surface area contributed by atoms with Gasteiger partial charge in [-0.3, -0.25) is 0 Å². The average molecular weight is 274 g/mol. The molecular formula is C14H18N4S. The van der Waals surface area contributed by atoms with E-state index in [1.54, 1.807) is 11.8 Å². The third-order valence-corrected chi connectivity index (χ3v) is 3.51. The van der Waals surface area contributed by atoms with E-state index < -0.39 is 0 Å². The van der Waals surface area contributed by atoms with Gasteiger partial charge in [0.2, 0.25) is 0 Å². The van der Waals surface area contributed by atoms with E-state index in [0.29, 0.717) is 0 Å². The molecule has 0 saturated heterocycles. The molecule has 0 aliphatic rings. The van der Waals surface area contributed by atoms with Crippen LogP contribution in [0.4, 0.5) is 17.3 Å². The molecule has 2 rings (SSSR count). The summed E-state index contributed by atoms with van der Waals surface area (Å²) >= 11 is 1.71. The molecule has 5 heteroatoms. The highest BCUT2D eigenvalue weighted by molar-refractivity contribution is 7.98. The first-order chi connectivity index (χ1) is 9.26. The third-order valence-electron chi connectivity index (χ3n) is 2.71. The van der Waals surface area contributed by atoms with Crippen LogP contribution < -0.4 is 10.6 Å². The summed E-state index contributed by atoms with van der Waals surface area (Å²) in [4.78, 5) is 10.1. The van der Waals surface area contributed by atoms with E-state index in [0.717, 1.165) is 29.6 Å². The summed E-state index contributed by atoms with van der Waals surface area (Å²) in [5, 5.41) is 6.42. The SMILES string of the molecule is CCc1nc(NC)cc(Nc2ccccc2SC)n1. The molecular weight excluding hydrogens is 256 g/mol. The van der Waals surface area contributed by atoms with Crippen molar-refractivity contribution in [2.75, 3.05) is 23.9 Å². The second-order valence-electron chi connectivity index (χ2n) is 3.98. The van der Waals surface area contributed by atoms with Crippen molar-refractivity contribution in [3.8, 4) is 0 Å². The smallest absolute Gasteiger partial charge is 0.136 e. The van der Waals surface area contributed by atoms with Crippen LogP contribution in [0, 0.1) is 0 Å². The van der Waals surface area contributed by atoms with Crippen LogP contribution in [0.5, 0.6) is 0 Å². The number of benzene rings is 1. The number of para-hydroxylation sites is 1. The number of aryl methyl sites for hydroxylation is 1. The van der Waals surface area contributed by atoms with E-state index in [4.69, 9.17) is 0 Å². The molecule has 2 aromatic rings. The number of rotatable bonds is 5. The first-order valence-electron chi connectivity index (χ1n) is 6.22. The van der Waals surface area contributed by atoms with Crippen molar-refractivity contribution in [3.05, 3.63) is 36.2 Å². The lowest BCUT2D eigenvalue weighted by Crippen LogP contribution is -2.03. The molecule has 1 aromatic heterocycles. The zero-order valence-corrected chi connectivity index (χ0v) is 12.2. The number of anilines is 3. The zero-order valence-electron chi connectivity index (χ0n) is 11.4. The summed E-state index contributed by atoms with van der Waals surface area (Å²) in [7, 11) is 1.86. The van der Waals surface area contributed by atoms with Gasteiger partial charge in [0.1, 0.15) is 17.5 Å². The summed E-state index contributed by atoms with van der Waals surface area (Å²) in [6.07, 6.45) is 2.88. The topological polar surface area (TPSA) is 49.8 Å². The molecule has 0 atom stereocenters. The Kier molecular flexibility index (Phi) is 4.63. The number of thioether (sulfide) groups is 1. The molecule has 0 radical (unpaired) electrons. The van der Waals surface area contributed by atoms with E-state index >= 15 is 0 Å². The summed E-state index contributed by atoms with van der Waals surface area (Å²) in [6.45, 7) is 2.05. The highest BCUT2D eigenvalue weighted by Crippen LogP contribution is 2.27. The Bertz CT molecular complexity index is 535. The summed E-state index contributed by atoms with van der Waals surface area (Å²) in [5.41, 5.74) is 1.07. The van der Waals surface area contributed by atoms with Gasteiger partial charge >= 0.3 is 0 Å². The lowest BCUT2D eigenvalue weighted by molar-refractivity contribution is 0.944. The van der Waals surface area contributed by atoms with E-state index in [2.05, 4.69) is 39.0 Å². The Hall–Kier alpha value is -1.75. The molecule has 0 fully saturated rings. The van der Waals surface area contributed by atoms with Crippen LogP contribution in [0.1, 0.15) is 12.7 Å². The van der Waals surface area contributed by atoms with E-state index in [-0.39, 0.29) is 0 Å². The highest BCUT2D eigenvalue weighted by Gasteiger charge is 2.05. The fraction of sp³-hybridized carbons (Fsp3) is 0.286. The highest BCUT2D eigenvalue weighted by atomic mass is 32.2. The second kappa shape index (κ2) is 6.43. The lowest BCUT2D eigenvalue weighted by atomic mass is 10.3. The predicted molar refractivity (Wildman–Crippen MR) is 82.5 cm³/mol. The molecule has 0 bridgehead atoms. The monoisotopic (exact) mass is 274 g/mol. The first kappa shape index (κ1) is 13.7. The molecule has 4 nitrogen and oxygen atoms in total. The van der Waals surface area contributed by atoms with Crippen molar-refractivity contribution in [1.82, 2.24) is 9.97 Å². The van der Waals surface area contributed by atoms with Crippen molar-refractivity contribution in [2.45, 2.75) is 18.2 Å². The van der Waals surface area contributed by atoms with Crippen molar-refractivity contribution >= 4 is 29.1 Å². The number of hydrogen-bond donors (Lipinski definition) is 2. The van der Waals surface area contributed by atoms with Crippen LogP contribution in [-0.2, 0) is 6.42 Å². The molecule has 1 aromatic carbocycles. The third kappa shape index (κ3) is 3.38. The minimum Gasteiger partial charge on any atom is -0.373 e. The molecule has 0 spiro atoms. The molecule has 1 heterocycles. The van der Waals surface area contributed by atoms with Gasteiger partial charge in [0.15, 0.2) is 0 Å². The Labute approximate surface area is 118 Å². The van der Waals surface area contributed by atoms with Crippen molar-refractivity contribution < 1.29 is 0 Å². The fourth-order valence-electron chi connectivity index (χ4n) is 1.73. The largest absolute Gasteiger partial charge is 0.373 e. The predicted octanol–water partition coefficient (Wildman–Crippen LogP) is 3.55. The molecule has 19 heavy (non-hydrogen) atoms. The minimum atomic E-state index is 0.814. The van der Waals surface area contributed by atoms with Gasteiger partial charge in [-0.2, -0.15) is 0 Å². The average Bonchev–Trinajstić information content (AvgIpc) is 2.47. The van der Waals surface area contributed by atoms with E-state index in [1.807, 2.05) is 32.2 Å². The lowest BCUT2D eigenvalue weighted by Gasteiger charge is -2.11. The van der Waals surface area contributed by atoms with E-state index in [1.165, 1.54) is 4.90 Å². The number of nitrogens with one attached hydrogen (secondary N) is 2. The number of nitrogens with zero attached hydrogens (tertiary/aromatic N) is 2. The molecule has 0 unspecified atom stereocenters. The number of aromatic nitrogens is 2. The second-order valence-corrected chi connectivity index (χ2v) is 4.83. The maximum absolute atomic E-state index is 4.50. The Balaban J connectivity index is 2.32. The maximum atomic E-state index is 4.50. The van der Waals surface area contributed by atoms with Crippen LogP contribution in [0.3, 0.4) is 0 Å². The molecule has 2 N–H and O–H groups in total. The van der Waals surface area contributed by atoms with Crippen LogP contribution in [0.15, 0.2) is 35.2 Å². The van der Waals surface area contributed by atoms with Gasteiger partial charge in [-0.15, -0.1) is 11.8 Å². The number of hydrogen-bond acceptors (Lipinski definition) is 5. The molecule has 0 saturated carbocycles. The Morgan fingerprint density at radius 3 is 2.58 bits per heavy atom. The van der Waals surface area contributed by atoms with Crippen LogP contribution in [-0.4, -0.2) is 23.3 Å². The van der Waals surface area contributed by atoms with Crippen molar-refractivity contribution in [1.29, 1.82) is 0 Å². The van der Waals surface area contributed by atoms with Gasteiger partial charge in [-0.05, 0) is 18.4 Å². The summed E-state index contributed by atoms with van der Waals surface area (Å²) in [6, 6.07) is 10.1.